The van der Waals surface area contributed by atoms with Crippen LogP contribution >= 0.6 is 0 Å². The molecule has 96 valence electrons. The Hall–Kier alpha value is -2.17. The van der Waals surface area contributed by atoms with Crippen molar-refractivity contribution in [1.82, 2.24) is 0 Å². The number of carbonyl (C=O) groups excluding carboxylic acids is 3. The van der Waals surface area contributed by atoms with Crippen molar-refractivity contribution in [3.05, 3.63) is 23.8 Å². The zero-order valence-electron chi connectivity index (χ0n) is 10.8. The Bertz CT molecular complexity index is 494. The van der Waals surface area contributed by atoms with Gasteiger partial charge in [-0.25, -0.2) is 0 Å². The highest BCUT2D eigenvalue weighted by Crippen LogP contribution is 2.25. The third kappa shape index (κ3) is 3.16. The van der Waals surface area contributed by atoms with Crippen molar-refractivity contribution in [1.29, 1.82) is 0 Å². The Morgan fingerprint density at radius 1 is 1.06 bits per heavy atom. The maximum atomic E-state index is 11.4. The molecule has 0 saturated carbocycles. The SMILES string of the molecule is CC(=O)Oc1ccc(N(C(C)=O)C(C)=O)c(C)c1. The molecule has 0 heterocycles. The van der Waals surface area contributed by atoms with E-state index < -0.39 is 5.97 Å². The van der Waals surface area contributed by atoms with Crippen molar-refractivity contribution in [2.24, 2.45) is 0 Å². The fraction of sp³-hybridized carbons (Fsp3) is 0.308. The molecule has 5 heteroatoms. The van der Waals surface area contributed by atoms with E-state index in [9.17, 15) is 14.4 Å². The molecule has 0 aromatic heterocycles. The fourth-order valence-electron chi connectivity index (χ4n) is 1.67. The molecule has 18 heavy (non-hydrogen) atoms. The first kappa shape index (κ1) is 13.9. The highest BCUT2D eigenvalue weighted by atomic mass is 16.5. The molecule has 2 amide bonds. The van der Waals surface area contributed by atoms with Gasteiger partial charge in [-0.3, -0.25) is 19.3 Å². The minimum absolute atomic E-state index is 0.356. The van der Waals surface area contributed by atoms with E-state index in [2.05, 4.69) is 0 Å². The molecule has 1 aromatic carbocycles. The molecule has 0 fully saturated rings. The van der Waals surface area contributed by atoms with Crippen molar-refractivity contribution in [3.63, 3.8) is 0 Å². The van der Waals surface area contributed by atoms with E-state index in [1.54, 1.807) is 25.1 Å². The summed E-state index contributed by atoms with van der Waals surface area (Å²) in [5.74, 6) is -0.746. The third-order valence-corrected chi connectivity index (χ3v) is 2.30. The lowest BCUT2D eigenvalue weighted by Crippen LogP contribution is -2.33. The first-order chi connectivity index (χ1) is 8.32. The molecule has 0 aliphatic heterocycles. The largest absolute Gasteiger partial charge is 0.427 e. The second kappa shape index (κ2) is 5.44. The van der Waals surface area contributed by atoms with E-state index in [0.29, 0.717) is 17.0 Å². The van der Waals surface area contributed by atoms with Crippen molar-refractivity contribution in [2.45, 2.75) is 27.7 Å². The minimum atomic E-state index is -0.419. The highest BCUT2D eigenvalue weighted by Gasteiger charge is 2.18. The molecule has 1 rings (SSSR count). The number of nitrogens with zero attached hydrogens (tertiary/aromatic N) is 1. The molecular weight excluding hydrogens is 234 g/mol. The van der Waals surface area contributed by atoms with Crippen LogP contribution < -0.4 is 9.64 Å². The second-order valence-electron chi connectivity index (χ2n) is 3.92. The van der Waals surface area contributed by atoms with Gasteiger partial charge in [0, 0.05) is 20.8 Å². The van der Waals surface area contributed by atoms with Gasteiger partial charge in [0.2, 0.25) is 11.8 Å². The summed E-state index contributed by atoms with van der Waals surface area (Å²) in [4.78, 5) is 34.7. The predicted molar refractivity (Wildman–Crippen MR) is 66.3 cm³/mol. The summed E-state index contributed by atoms with van der Waals surface area (Å²) in [7, 11) is 0. The lowest BCUT2D eigenvalue weighted by molar-refractivity contribution is -0.132. The van der Waals surface area contributed by atoms with Crippen LogP contribution in [0.25, 0.3) is 0 Å². The summed E-state index contributed by atoms with van der Waals surface area (Å²) in [5.41, 5.74) is 1.17. The quantitative estimate of drug-likeness (QED) is 0.592. The molecule has 0 unspecified atom stereocenters. The van der Waals surface area contributed by atoms with Crippen LogP contribution in [0.5, 0.6) is 5.75 Å². The van der Waals surface area contributed by atoms with Gasteiger partial charge in [0.25, 0.3) is 0 Å². The summed E-state index contributed by atoms with van der Waals surface area (Å²) in [6, 6.07) is 4.73. The molecule has 0 radical (unpaired) electrons. The topological polar surface area (TPSA) is 63.7 Å². The standard InChI is InChI=1S/C13H15NO4/c1-8-7-12(18-11(4)17)5-6-13(8)14(9(2)15)10(3)16/h5-7H,1-4H3. The van der Waals surface area contributed by atoms with Crippen LogP contribution in [0.3, 0.4) is 0 Å². The normalized spacial score (nSPS) is 9.78. The number of hydrogen-bond donors (Lipinski definition) is 0. The molecule has 0 atom stereocenters. The smallest absolute Gasteiger partial charge is 0.308 e. The summed E-state index contributed by atoms with van der Waals surface area (Å²) >= 11 is 0. The van der Waals surface area contributed by atoms with Crippen LogP contribution in [0.2, 0.25) is 0 Å². The van der Waals surface area contributed by atoms with Gasteiger partial charge in [-0.15, -0.1) is 0 Å². The lowest BCUT2D eigenvalue weighted by Gasteiger charge is -2.19. The number of anilines is 1. The zero-order valence-corrected chi connectivity index (χ0v) is 10.8. The average Bonchev–Trinajstić information content (AvgIpc) is 2.19. The van der Waals surface area contributed by atoms with Gasteiger partial charge in [-0.05, 0) is 30.7 Å². The van der Waals surface area contributed by atoms with Gasteiger partial charge in [0.15, 0.2) is 0 Å². The van der Waals surface area contributed by atoms with Gasteiger partial charge in [-0.1, -0.05) is 0 Å². The van der Waals surface area contributed by atoms with Crippen LogP contribution in [0.4, 0.5) is 5.69 Å². The lowest BCUT2D eigenvalue weighted by atomic mass is 10.1. The number of rotatable bonds is 2. The fourth-order valence-corrected chi connectivity index (χ4v) is 1.67. The number of benzene rings is 1. The van der Waals surface area contributed by atoms with Gasteiger partial charge >= 0.3 is 5.97 Å². The first-order valence-corrected chi connectivity index (χ1v) is 5.43. The van der Waals surface area contributed by atoms with Crippen LogP contribution in [-0.2, 0) is 14.4 Å². The maximum Gasteiger partial charge on any atom is 0.308 e. The molecule has 5 nitrogen and oxygen atoms in total. The number of hydrogen-bond acceptors (Lipinski definition) is 4. The molecule has 1 aromatic rings. The number of imide groups is 1. The van der Waals surface area contributed by atoms with E-state index in [0.717, 1.165) is 4.90 Å². The zero-order chi connectivity index (χ0) is 13.9. The third-order valence-electron chi connectivity index (χ3n) is 2.30. The molecule has 0 bridgehead atoms. The predicted octanol–water partition coefficient (Wildman–Crippen LogP) is 1.82. The summed E-state index contributed by atoms with van der Waals surface area (Å²) in [6.45, 7) is 5.68. The highest BCUT2D eigenvalue weighted by molar-refractivity contribution is 6.13. The first-order valence-electron chi connectivity index (χ1n) is 5.43. The van der Waals surface area contributed by atoms with E-state index in [1.165, 1.54) is 20.8 Å². The van der Waals surface area contributed by atoms with Gasteiger partial charge in [0.1, 0.15) is 5.75 Å². The monoisotopic (exact) mass is 249 g/mol. The van der Waals surface area contributed by atoms with Crippen LogP contribution in [-0.4, -0.2) is 17.8 Å². The molecule has 0 spiro atoms. The number of carbonyl (C=O) groups is 3. The minimum Gasteiger partial charge on any atom is -0.427 e. The van der Waals surface area contributed by atoms with Crippen LogP contribution in [0, 0.1) is 6.92 Å². The van der Waals surface area contributed by atoms with Crippen LogP contribution in [0.15, 0.2) is 18.2 Å². The number of esters is 1. The molecule has 0 N–H and O–H groups in total. The average molecular weight is 249 g/mol. The Morgan fingerprint density at radius 3 is 2.00 bits per heavy atom. The Balaban J connectivity index is 3.15. The summed E-state index contributed by atoms with van der Waals surface area (Å²) < 4.78 is 4.92. The molecule has 0 aliphatic rings. The van der Waals surface area contributed by atoms with E-state index in [1.807, 2.05) is 0 Å². The Morgan fingerprint density at radius 2 is 1.61 bits per heavy atom. The number of amides is 2. The molecule has 0 aliphatic carbocycles. The number of aryl methyl sites for hydroxylation is 1. The van der Waals surface area contributed by atoms with E-state index >= 15 is 0 Å². The van der Waals surface area contributed by atoms with E-state index in [-0.39, 0.29) is 11.8 Å². The number of ether oxygens (including phenoxy) is 1. The van der Waals surface area contributed by atoms with Crippen molar-refractivity contribution >= 4 is 23.5 Å². The van der Waals surface area contributed by atoms with Crippen molar-refractivity contribution in [3.8, 4) is 5.75 Å². The second-order valence-corrected chi connectivity index (χ2v) is 3.92. The van der Waals surface area contributed by atoms with Gasteiger partial charge in [-0.2, -0.15) is 0 Å². The van der Waals surface area contributed by atoms with Gasteiger partial charge < -0.3 is 4.74 Å². The van der Waals surface area contributed by atoms with Crippen molar-refractivity contribution < 1.29 is 19.1 Å². The molecule has 0 saturated heterocycles. The summed E-state index contributed by atoms with van der Waals surface area (Å²) in [6.07, 6.45) is 0. The molecular formula is C13H15NO4. The Labute approximate surface area is 105 Å². The van der Waals surface area contributed by atoms with Gasteiger partial charge in [0.05, 0.1) is 5.69 Å². The van der Waals surface area contributed by atoms with E-state index in [4.69, 9.17) is 4.74 Å². The van der Waals surface area contributed by atoms with Crippen LogP contribution in [0.1, 0.15) is 26.3 Å². The van der Waals surface area contributed by atoms with Crippen molar-refractivity contribution in [2.75, 3.05) is 4.90 Å². The Kier molecular flexibility index (Phi) is 4.20. The maximum absolute atomic E-state index is 11.4. The summed E-state index contributed by atoms with van der Waals surface area (Å²) in [5, 5.41) is 0.